The molecule has 5 nitrogen and oxygen atoms in total. The van der Waals surface area contributed by atoms with Crippen molar-refractivity contribution in [2.75, 3.05) is 12.4 Å². The standard InChI is InChI=1S/C31H22Cl2F3N3O2/c1-41-29(40)21-7-5-19(6-8-21)17-39-18-28(26-14-11-24(32)16-27(26)33)38-30(39)37-25-12-9-20(10-13-25)22-3-2-4-23(15-22)31(34,35)36/h2-16,18H,17H2,1H3,(H,37,38). The van der Waals surface area contributed by atoms with E-state index in [0.717, 1.165) is 17.7 Å². The highest BCUT2D eigenvalue weighted by Crippen LogP contribution is 2.34. The van der Waals surface area contributed by atoms with Crippen LogP contribution in [0.4, 0.5) is 24.8 Å². The molecular formula is C31H22Cl2F3N3O2. The van der Waals surface area contributed by atoms with Gasteiger partial charge < -0.3 is 14.6 Å². The lowest BCUT2D eigenvalue weighted by Gasteiger charge is -2.12. The fourth-order valence-electron chi connectivity index (χ4n) is 4.27. The van der Waals surface area contributed by atoms with Gasteiger partial charge in [-0.05, 0) is 71.3 Å². The second-order valence-corrected chi connectivity index (χ2v) is 10.0. The minimum atomic E-state index is -4.42. The summed E-state index contributed by atoms with van der Waals surface area (Å²) < 4.78 is 46.2. The average molecular weight is 596 g/mol. The van der Waals surface area contributed by atoms with Crippen LogP contribution in [0.5, 0.6) is 0 Å². The molecule has 5 rings (SSSR count). The molecule has 5 aromatic rings. The molecule has 0 aliphatic carbocycles. The molecule has 208 valence electrons. The number of aromatic nitrogens is 2. The van der Waals surface area contributed by atoms with Gasteiger partial charge in [-0.1, -0.05) is 59.6 Å². The molecule has 41 heavy (non-hydrogen) atoms. The molecule has 0 spiro atoms. The second-order valence-electron chi connectivity index (χ2n) is 9.17. The zero-order valence-corrected chi connectivity index (χ0v) is 23.1. The first-order chi connectivity index (χ1) is 19.6. The first kappa shape index (κ1) is 28.3. The summed E-state index contributed by atoms with van der Waals surface area (Å²) in [5.74, 6) is 0.0877. The third-order valence-electron chi connectivity index (χ3n) is 6.38. The fourth-order valence-corrected chi connectivity index (χ4v) is 4.78. The van der Waals surface area contributed by atoms with Crippen LogP contribution in [0, 0.1) is 0 Å². The molecule has 1 N–H and O–H groups in total. The summed E-state index contributed by atoms with van der Waals surface area (Å²) in [6.45, 7) is 0.421. The number of nitrogens with zero attached hydrogens (tertiary/aromatic N) is 2. The lowest BCUT2D eigenvalue weighted by Crippen LogP contribution is -2.05. The van der Waals surface area contributed by atoms with Crippen LogP contribution in [0.3, 0.4) is 0 Å². The molecule has 10 heteroatoms. The van der Waals surface area contributed by atoms with Crippen molar-refractivity contribution in [3.05, 3.63) is 124 Å². The number of ether oxygens (including phenoxy) is 1. The Morgan fingerprint density at radius 2 is 1.66 bits per heavy atom. The molecule has 0 radical (unpaired) electrons. The van der Waals surface area contributed by atoms with Gasteiger partial charge in [-0.2, -0.15) is 13.2 Å². The molecular weight excluding hydrogens is 574 g/mol. The number of carbonyl (C=O) groups is 1. The molecule has 0 fully saturated rings. The third kappa shape index (κ3) is 6.56. The number of anilines is 2. The van der Waals surface area contributed by atoms with E-state index in [-0.39, 0.29) is 0 Å². The summed E-state index contributed by atoms with van der Waals surface area (Å²) in [5, 5.41) is 4.24. The van der Waals surface area contributed by atoms with Gasteiger partial charge in [0.1, 0.15) is 0 Å². The van der Waals surface area contributed by atoms with Gasteiger partial charge >= 0.3 is 12.1 Å². The number of methoxy groups -OCH3 is 1. The number of halogens is 5. The Labute approximate surface area is 244 Å². The van der Waals surface area contributed by atoms with E-state index in [9.17, 15) is 18.0 Å². The van der Waals surface area contributed by atoms with Gasteiger partial charge in [0.25, 0.3) is 0 Å². The summed E-state index contributed by atoms with van der Waals surface area (Å²) in [7, 11) is 1.33. The van der Waals surface area contributed by atoms with Crippen molar-refractivity contribution in [3.63, 3.8) is 0 Å². The number of hydrogen-bond acceptors (Lipinski definition) is 4. The fraction of sp³-hybridized carbons (Fsp3) is 0.0968. The Kier molecular flexibility index (Phi) is 8.06. The van der Waals surface area contributed by atoms with E-state index in [1.807, 2.05) is 22.9 Å². The van der Waals surface area contributed by atoms with Gasteiger partial charge in [0.05, 0.1) is 35.5 Å². The number of benzene rings is 4. The van der Waals surface area contributed by atoms with Crippen LogP contribution in [-0.2, 0) is 17.5 Å². The SMILES string of the molecule is COC(=O)c1ccc(Cn2cc(-c3ccc(Cl)cc3Cl)nc2Nc2ccc(-c3cccc(C(F)(F)F)c3)cc2)cc1. The monoisotopic (exact) mass is 595 g/mol. The molecule has 0 atom stereocenters. The van der Waals surface area contributed by atoms with E-state index in [1.165, 1.54) is 13.2 Å². The molecule has 0 aliphatic rings. The quantitative estimate of drug-likeness (QED) is 0.191. The second kappa shape index (κ2) is 11.7. The van der Waals surface area contributed by atoms with Gasteiger partial charge in [-0.3, -0.25) is 0 Å². The highest BCUT2D eigenvalue weighted by atomic mass is 35.5. The van der Waals surface area contributed by atoms with Crippen molar-refractivity contribution < 1.29 is 22.7 Å². The van der Waals surface area contributed by atoms with E-state index < -0.39 is 17.7 Å². The lowest BCUT2D eigenvalue weighted by molar-refractivity contribution is -0.137. The summed E-state index contributed by atoms with van der Waals surface area (Å²) in [6.07, 6.45) is -2.57. The Balaban J connectivity index is 1.45. The first-order valence-electron chi connectivity index (χ1n) is 12.4. The normalized spacial score (nSPS) is 11.4. The van der Waals surface area contributed by atoms with Crippen molar-refractivity contribution >= 4 is 40.8 Å². The van der Waals surface area contributed by atoms with Crippen LogP contribution in [0.15, 0.2) is 97.2 Å². The van der Waals surface area contributed by atoms with Crippen LogP contribution in [0.2, 0.25) is 10.0 Å². The van der Waals surface area contributed by atoms with Crippen molar-refractivity contribution in [2.45, 2.75) is 12.7 Å². The van der Waals surface area contributed by atoms with E-state index >= 15 is 0 Å². The Morgan fingerprint density at radius 3 is 2.32 bits per heavy atom. The van der Waals surface area contributed by atoms with Gasteiger partial charge in [0, 0.05) is 22.5 Å². The lowest BCUT2D eigenvalue weighted by atomic mass is 10.0. The van der Waals surface area contributed by atoms with E-state index in [1.54, 1.807) is 60.7 Å². The van der Waals surface area contributed by atoms with Crippen LogP contribution < -0.4 is 5.32 Å². The highest BCUT2D eigenvalue weighted by Gasteiger charge is 2.30. The van der Waals surface area contributed by atoms with E-state index in [4.69, 9.17) is 32.9 Å². The van der Waals surface area contributed by atoms with E-state index in [0.29, 0.717) is 56.2 Å². The maximum absolute atomic E-state index is 13.2. The minimum Gasteiger partial charge on any atom is -0.465 e. The number of alkyl halides is 3. The van der Waals surface area contributed by atoms with Gasteiger partial charge in [0.2, 0.25) is 5.95 Å². The molecule has 1 heterocycles. The molecule has 0 bridgehead atoms. The molecule has 0 aliphatic heterocycles. The average Bonchev–Trinajstić information content (AvgIpc) is 3.34. The van der Waals surface area contributed by atoms with Crippen molar-refractivity contribution in [3.8, 4) is 22.4 Å². The van der Waals surface area contributed by atoms with Gasteiger partial charge in [-0.25, -0.2) is 9.78 Å². The zero-order chi connectivity index (χ0) is 29.1. The van der Waals surface area contributed by atoms with Crippen LogP contribution >= 0.6 is 23.2 Å². The topological polar surface area (TPSA) is 56.2 Å². The van der Waals surface area contributed by atoms with Crippen LogP contribution in [0.1, 0.15) is 21.5 Å². The predicted octanol–water partition coefficient (Wildman–Crippen LogP) is 9.12. The summed E-state index contributed by atoms with van der Waals surface area (Å²) in [6, 6.07) is 24.4. The summed E-state index contributed by atoms with van der Waals surface area (Å²) in [4.78, 5) is 16.6. The zero-order valence-electron chi connectivity index (χ0n) is 21.5. The molecule has 0 unspecified atom stereocenters. The highest BCUT2D eigenvalue weighted by molar-refractivity contribution is 6.36. The molecule has 0 amide bonds. The maximum Gasteiger partial charge on any atom is 0.416 e. The van der Waals surface area contributed by atoms with Gasteiger partial charge in [-0.15, -0.1) is 0 Å². The van der Waals surface area contributed by atoms with Crippen LogP contribution in [-0.4, -0.2) is 22.6 Å². The number of nitrogens with one attached hydrogen (secondary N) is 1. The summed E-state index contributed by atoms with van der Waals surface area (Å²) >= 11 is 12.5. The summed E-state index contributed by atoms with van der Waals surface area (Å²) in [5.41, 5.74) is 3.74. The third-order valence-corrected chi connectivity index (χ3v) is 6.92. The van der Waals surface area contributed by atoms with Gasteiger partial charge in [0.15, 0.2) is 0 Å². The van der Waals surface area contributed by atoms with Crippen molar-refractivity contribution in [1.82, 2.24) is 9.55 Å². The predicted molar refractivity (Wildman–Crippen MR) is 155 cm³/mol. The van der Waals surface area contributed by atoms with Crippen LogP contribution in [0.25, 0.3) is 22.4 Å². The number of esters is 1. The Bertz CT molecular complexity index is 1700. The molecule has 1 aromatic heterocycles. The number of hydrogen-bond donors (Lipinski definition) is 1. The largest absolute Gasteiger partial charge is 0.465 e. The van der Waals surface area contributed by atoms with Crippen molar-refractivity contribution in [1.29, 1.82) is 0 Å². The van der Waals surface area contributed by atoms with E-state index in [2.05, 4.69) is 5.32 Å². The number of imidazole rings is 1. The number of carbonyl (C=O) groups excluding carboxylic acids is 1. The molecule has 4 aromatic carbocycles. The number of rotatable bonds is 7. The molecule has 0 saturated heterocycles. The minimum absolute atomic E-state index is 0.421. The smallest absolute Gasteiger partial charge is 0.416 e. The first-order valence-corrected chi connectivity index (χ1v) is 13.1. The van der Waals surface area contributed by atoms with Crippen molar-refractivity contribution in [2.24, 2.45) is 0 Å². The maximum atomic E-state index is 13.2. The Morgan fingerprint density at radius 1 is 0.927 bits per heavy atom. The Hall–Kier alpha value is -4.27. The molecule has 0 saturated carbocycles.